The second-order valence-electron chi connectivity index (χ2n) is 7.51. The molecule has 0 atom stereocenters. The minimum Gasteiger partial charge on any atom is -0.496 e. The molecule has 2 heterocycles. The van der Waals surface area contributed by atoms with Crippen LogP contribution in [0.5, 0.6) is 11.5 Å². The zero-order valence-electron chi connectivity index (χ0n) is 19.1. The lowest BCUT2D eigenvalue weighted by Crippen LogP contribution is -2.16. The number of carbonyl (C=O) groups excluding carboxylic acids is 2. The number of carbonyl (C=O) groups is 2. The topological polar surface area (TPSA) is 113 Å². The molecule has 0 bridgehead atoms. The lowest BCUT2D eigenvalue weighted by molar-refractivity contribution is -0.113. The average molecular weight is 504 g/mol. The molecule has 0 radical (unpaired) electrons. The Morgan fingerprint density at radius 3 is 2.53 bits per heavy atom. The van der Waals surface area contributed by atoms with Crippen molar-refractivity contribution in [1.29, 1.82) is 0 Å². The summed E-state index contributed by atoms with van der Waals surface area (Å²) in [5, 5.41) is 11.8. The molecule has 3 aromatic rings. The maximum Gasteiger partial charge on any atom is 0.341 e. The van der Waals surface area contributed by atoms with Gasteiger partial charge < -0.3 is 23.9 Å². The summed E-state index contributed by atoms with van der Waals surface area (Å²) in [6.07, 6.45) is 4.96. The van der Waals surface area contributed by atoms with Crippen molar-refractivity contribution in [2.75, 3.05) is 32.4 Å². The molecule has 2 aromatic heterocycles. The Morgan fingerprint density at radius 1 is 1.09 bits per heavy atom. The molecule has 0 aliphatic heterocycles. The van der Waals surface area contributed by atoms with Crippen LogP contribution in [0.4, 0.5) is 5.00 Å². The third kappa shape index (κ3) is 5.05. The smallest absolute Gasteiger partial charge is 0.341 e. The number of aryl methyl sites for hydroxylation is 1. The third-order valence-electron chi connectivity index (χ3n) is 5.44. The van der Waals surface area contributed by atoms with Crippen molar-refractivity contribution in [3.63, 3.8) is 0 Å². The summed E-state index contributed by atoms with van der Waals surface area (Å²) in [5.74, 6) is 0.631. The Morgan fingerprint density at radius 2 is 1.82 bits per heavy atom. The first kappa shape index (κ1) is 24.1. The number of esters is 1. The van der Waals surface area contributed by atoms with Gasteiger partial charge in [0.05, 0.1) is 32.6 Å². The highest BCUT2D eigenvalue weighted by atomic mass is 32.2. The maximum absolute atomic E-state index is 12.7. The van der Waals surface area contributed by atoms with Crippen LogP contribution in [-0.4, -0.2) is 49.2 Å². The summed E-state index contributed by atoms with van der Waals surface area (Å²) in [4.78, 5) is 26.3. The first-order chi connectivity index (χ1) is 16.5. The van der Waals surface area contributed by atoms with Gasteiger partial charge in [0.15, 0.2) is 0 Å². The molecular formula is C23H25N3O6S2. The van der Waals surface area contributed by atoms with E-state index in [-0.39, 0.29) is 22.8 Å². The molecule has 0 saturated carbocycles. The van der Waals surface area contributed by atoms with E-state index in [1.165, 1.54) is 18.4 Å². The van der Waals surface area contributed by atoms with Gasteiger partial charge in [0.25, 0.3) is 11.1 Å². The van der Waals surface area contributed by atoms with Gasteiger partial charge in [-0.3, -0.25) is 4.79 Å². The largest absolute Gasteiger partial charge is 0.496 e. The number of ether oxygens (including phenoxy) is 3. The third-order valence-corrected chi connectivity index (χ3v) is 7.46. The fraction of sp³-hybridized carbons (Fsp3) is 0.391. The molecule has 1 aliphatic carbocycles. The molecule has 180 valence electrons. The number of anilines is 1. The Balaban J connectivity index is 1.46. The number of hydrogen-bond donors (Lipinski definition) is 1. The lowest BCUT2D eigenvalue weighted by atomic mass is 10.1. The summed E-state index contributed by atoms with van der Waals surface area (Å²) in [7, 11) is 4.44. The van der Waals surface area contributed by atoms with Crippen molar-refractivity contribution >= 4 is 40.0 Å². The second-order valence-corrected chi connectivity index (χ2v) is 9.54. The zero-order valence-corrected chi connectivity index (χ0v) is 20.8. The molecule has 1 N–H and O–H groups in total. The average Bonchev–Trinajstić information content (AvgIpc) is 3.39. The summed E-state index contributed by atoms with van der Waals surface area (Å²) in [6, 6.07) is 5.33. The number of aromatic nitrogens is 2. The quantitative estimate of drug-likeness (QED) is 0.268. The number of thioether (sulfide) groups is 1. The van der Waals surface area contributed by atoms with E-state index in [0.29, 0.717) is 27.6 Å². The van der Waals surface area contributed by atoms with Crippen LogP contribution >= 0.6 is 23.1 Å². The lowest BCUT2D eigenvalue weighted by Gasteiger charge is -2.09. The standard InChI is InChI=1S/C23H25N3O6S2/c1-29-14-9-7-10-15(30-2)19(14)20-25-26-23(32-20)33-12-17(27)24-21-18(22(28)31-3)13-8-5-4-6-11-16(13)34-21/h7,9-10H,4-6,8,11-12H2,1-3H3,(H,24,27). The van der Waals surface area contributed by atoms with E-state index in [1.807, 2.05) is 0 Å². The second kappa shape index (κ2) is 10.9. The molecule has 4 rings (SSSR count). The number of fused-ring (bicyclic) bond motifs is 1. The Labute approximate surface area is 205 Å². The van der Waals surface area contributed by atoms with Gasteiger partial charge in [0.1, 0.15) is 22.1 Å². The Kier molecular flexibility index (Phi) is 7.73. The number of nitrogens with one attached hydrogen (secondary N) is 1. The van der Waals surface area contributed by atoms with Gasteiger partial charge in [-0.05, 0) is 43.4 Å². The predicted molar refractivity (Wildman–Crippen MR) is 129 cm³/mol. The molecule has 1 aromatic carbocycles. The van der Waals surface area contributed by atoms with Gasteiger partial charge in [0, 0.05) is 4.88 Å². The van der Waals surface area contributed by atoms with Gasteiger partial charge in [-0.2, -0.15) is 0 Å². The number of hydrogen-bond acceptors (Lipinski definition) is 10. The summed E-state index contributed by atoms with van der Waals surface area (Å²) in [6.45, 7) is 0. The van der Waals surface area contributed by atoms with Crippen molar-refractivity contribution in [1.82, 2.24) is 10.2 Å². The highest BCUT2D eigenvalue weighted by Gasteiger charge is 2.26. The number of thiophene rings is 1. The molecule has 1 amide bonds. The van der Waals surface area contributed by atoms with E-state index in [0.717, 1.165) is 54.3 Å². The van der Waals surface area contributed by atoms with E-state index < -0.39 is 5.97 Å². The highest BCUT2D eigenvalue weighted by molar-refractivity contribution is 7.99. The zero-order chi connectivity index (χ0) is 24.1. The first-order valence-corrected chi connectivity index (χ1v) is 12.6. The van der Waals surface area contributed by atoms with Crippen LogP contribution in [0.25, 0.3) is 11.5 Å². The van der Waals surface area contributed by atoms with E-state index in [4.69, 9.17) is 18.6 Å². The van der Waals surface area contributed by atoms with Gasteiger partial charge in [-0.25, -0.2) is 4.79 Å². The maximum atomic E-state index is 12.7. The molecule has 34 heavy (non-hydrogen) atoms. The number of amides is 1. The van der Waals surface area contributed by atoms with E-state index in [9.17, 15) is 9.59 Å². The van der Waals surface area contributed by atoms with Crippen LogP contribution in [-0.2, 0) is 22.4 Å². The summed E-state index contributed by atoms with van der Waals surface area (Å²) in [5.41, 5.74) is 2.02. The van der Waals surface area contributed by atoms with Crippen LogP contribution in [0, 0.1) is 0 Å². The predicted octanol–water partition coefficient (Wildman–Crippen LogP) is 4.60. The van der Waals surface area contributed by atoms with Crippen molar-refractivity contribution < 1.29 is 28.2 Å². The van der Waals surface area contributed by atoms with Crippen molar-refractivity contribution in [3.8, 4) is 23.0 Å². The van der Waals surface area contributed by atoms with Crippen molar-refractivity contribution in [2.24, 2.45) is 0 Å². The van der Waals surface area contributed by atoms with Crippen LogP contribution in [0.3, 0.4) is 0 Å². The molecule has 0 fully saturated rings. The monoisotopic (exact) mass is 503 g/mol. The molecule has 9 nitrogen and oxygen atoms in total. The van der Waals surface area contributed by atoms with Gasteiger partial charge in [0.2, 0.25) is 5.91 Å². The Bertz CT molecular complexity index is 1170. The number of nitrogens with zero attached hydrogens (tertiary/aromatic N) is 2. The van der Waals surface area contributed by atoms with Gasteiger partial charge in [-0.15, -0.1) is 21.5 Å². The first-order valence-electron chi connectivity index (χ1n) is 10.8. The van der Waals surface area contributed by atoms with Crippen LogP contribution < -0.4 is 14.8 Å². The van der Waals surface area contributed by atoms with Crippen LogP contribution in [0.1, 0.15) is 40.1 Å². The Hall–Kier alpha value is -3.05. The highest BCUT2D eigenvalue weighted by Crippen LogP contribution is 2.39. The fourth-order valence-corrected chi connectivity index (χ4v) is 5.73. The number of benzene rings is 1. The summed E-state index contributed by atoms with van der Waals surface area (Å²) < 4.78 is 21.5. The SMILES string of the molecule is COC(=O)c1c(NC(=O)CSc2nnc(-c3c(OC)cccc3OC)o2)sc2c1CCCCC2. The van der Waals surface area contributed by atoms with Crippen LogP contribution in [0.15, 0.2) is 27.8 Å². The van der Waals surface area contributed by atoms with E-state index >= 15 is 0 Å². The van der Waals surface area contributed by atoms with E-state index in [1.54, 1.807) is 32.4 Å². The summed E-state index contributed by atoms with van der Waals surface area (Å²) >= 11 is 2.56. The molecular weight excluding hydrogens is 478 g/mol. The molecule has 1 aliphatic rings. The fourth-order valence-electron chi connectivity index (χ4n) is 3.87. The minimum absolute atomic E-state index is 0.0356. The van der Waals surface area contributed by atoms with Crippen molar-refractivity contribution in [2.45, 2.75) is 37.3 Å². The van der Waals surface area contributed by atoms with E-state index in [2.05, 4.69) is 15.5 Å². The van der Waals surface area contributed by atoms with Gasteiger partial charge in [-0.1, -0.05) is 24.2 Å². The van der Waals surface area contributed by atoms with Crippen LogP contribution in [0.2, 0.25) is 0 Å². The molecule has 0 unspecified atom stereocenters. The number of rotatable bonds is 8. The van der Waals surface area contributed by atoms with Crippen molar-refractivity contribution in [3.05, 3.63) is 34.2 Å². The minimum atomic E-state index is -0.422. The number of methoxy groups -OCH3 is 3. The molecule has 0 saturated heterocycles. The molecule has 0 spiro atoms. The van der Waals surface area contributed by atoms with Gasteiger partial charge >= 0.3 is 5.97 Å². The molecule has 11 heteroatoms. The normalized spacial score (nSPS) is 13.0.